The number of amides is 2. The molecule has 11 heteroatoms. The van der Waals surface area contributed by atoms with Crippen molar-refractivity contribution in [2.45, 2.75) is 24.6 Å². The molecule has 2 amide bonds. The van der Waals surface area contributed by atoms with Crippen LogP contribution in [0.25, 0.3) is 21.9 Å². The van der Waals surface area contributed by atoms with Gasteiger partial charge in [0.1, 0.15) is 16.2 Å². The van der Waals surface area contributed by atoms with E-state index >= 15 is 0 Å². The van der Waals surface area contributed by atoms with E-state index in [9.17, 15) is 14.4 Å². The molecule has 0 spiro atoms. The van der Waals surface area contributed by atoms with Crippen LogP contribution < -0.4 is 21.0 Å². The number of hydrogen-bond donors (Lipinski definition) is 2. The Hall–Kier alpha value is -2.95. The summed E-state index contributed by atoms with van der Waals surface area (Å²) in [7, 11) is 0. The van der Waals surface area contributed by atoms with Crippen molar-refractivity contribution < 1.29 is 9.59 Å². The number of rotatable bonds is 5. The second kappa shape index (κ2) is 9.49. The van der Waals surface area contributed by atoms with Crippen LogP contribution in [0.2, 0.25) is 0 Å². The molecule has 36 heavy (non-hydrogen) atoms. The maximum Gasteiger partial charge on any atom is 0.258 e. The van der Waals surface area contributed by atoms with Gasteiger partial charge >= 0.3 is 0 Å². The molecule has 2 N–H and O–H groups in total. The van der Waals surface area contributed by atoms with Gasteiger partial charge in [-0.05, 0) is 44.1 Å². The zero-order valence-electron chi connectivity index (χ0n) is 19.8. The zero-order chi connectivity index (χ0) is 24.8. The number of allylic oxidation sites excluding steroid dienone is 1. The molecule has 3 aliphatic rings. The molecule has 2 fully saturated rings. The maximum absolute atomic E-state index is 13.7. The molecule has 0 saturated carbocycles. The molecule has 1 atom stereocenters. The molecule has 2 saturated heterocycles. The van der Waals surface area contributed by atoms with Crippen molar-refractivity contribution in [3.63, 3.8) is 0 Å². The number of alkyl halides is 1. The van der Waals surface area contributed by atoms with Gasteiger partial charge in [-0.2, -0.15) is 0 Å². The standard InChI is InChI=1S/C25H27ClN6O3S/c26-15-3-5-18-17(13-15)32-23-16(4-6-19(29-23)31-12-8-27-20(33)14-31)22(34)21(25(32)36-18)24(35)28-7-11-30-9-1-2-10-30/h3-6,15H,1-2,7-14H2,(H,27,33)(H,28,35). The molecule has 0 bridgehead atoms. The number of thiazole rings is 1. The van der Waals surface area contributed by atoms with Gasteiger partial charge in [0.05, 0.1) is 17.3 Å². The van der Waals surface area contributed by atoms with Gasteiger partial charge in [0.2, 0.25) is 11.3 Å². The molecule has 3 aromatic rings. The van der Waals surface area contributed by atoms with Gasteiger partial charge in [0, 0.05) is 43.2 Å². The lowest BCUT2D eigenvalue weighted by molar-refractivity contribution is -0.120. The van der Waals surface area contributed by atoms with Gasteiger partial charge < -0.3 is 20.4 Å². The average molecular weight is 527 g/mol. The molecule has 0 radical (unpaired) electrons. The highest BCUT2D eigenvalue weighted by Gasteiger charge is 2.27. The predicted molar refractivity (Wildman–Crippen MR) is 142 cm³/mol. The number of nitrogens with one attached hydrogen (secondary N) is 2. The Kier molecular flexibility index (Phi) is 6.18. The third-order valence-corrected chi connectivity index (χ3v) is 8.54. The summed E-state index contributed by atoms with van der Waals surface area (Å²) < 4.78 is 1.93. The highest BCUT2D eigenvalue weighted by Crippen LogP contribution is 2.34. The lowest BCUT2D eigenvalue weighted by atomic mass is 10.1. The number of nitrogens with zero attached hydrogens (tertiary/aromatic N) is 4. The third-order valence-electron chi connectivity index (χ3n) is 7.07. The Morgan fingerprint density at radius 3 is 2.86 bits per heavy atom. The van der Waals surface area contributed by atoms with Gasteiger partial charge in [0.25, 0.3) is 5.91 Å². The van der Waals surface area contributed by atoms with Crippen molar-refractivity contribution in [2.24, 2.45) is 0 Å². The first kappa shape index (κ1) is 23.4. The smallest absolute Gasteiger partial charge is 0.258 e. The molecular weight excluding hydrogens is 500 g/mol. The Balaban J connectivity index is 1.46. The van der Waals surface area contributed by atoms with Crippen LogP contribution in [-0.4, -0.2) is 77.3 Å². The summed E-state index contributed by atoms with van der Waals surface area (Å²) in [6.45, 7) is 4.75. The number of carbonyl (C=O) groups is 2. The largest absolute Gasteiger partial charge is 0.353 e. The summed E-state index contributed by atoms with van der Waals surface area (Å²) in [5.74, 6) is 0.205. The van der Waals surface area contributed by atoms with Gasteiger partial charge in [-0.1, -0.05) is 6.08 Å². The number of halogens is 1. The summed E-state index contributed by atoms with van der Waals surface area (Å²) in [4.78, 5) is 49.6. The van der Waals surface area contributed by atoms with Crippen LogP contribution >= 0.6 is 22.9 Å². The Bertz CT molecular complexity index is 1460. The monoisotopic (exact) mass is 526 g/mol. The first-order valence-corrected chi connectivity index (χ1v) is 13.6. The highest BCUT2D eigenvalue weighted by molar-refractivity contribution is 7.18. The normalized spacial score (nSPS) is 20.2. The van der Waals surface area contributed by atoms with Crippen molar-refractivity contribution >= 4 is 62.5 Å². The van der Waals surface area contributed by atoms with Crippen LogP contribution in [0.5, 0.6) is 0 Å². The summed E-state index contributed by atoms with van der Waals surface area (Å²) in [5, 5.41) is 5.99. The van der Waals surface area contributed by atoms with E-state index < -0.39 is 0 Å². The number of pyridine rings is 2. The molecule has 6 rings (SSSR count). The number of anilines is 1. The molecule has 188 valence electrons. The number of carbonyl (C=O) groups excluding carboxylic acids is 2. The van der Waals surface area contributed by atoms with Crippen molar-refractivity contribution in [1.82, 2.24) is 24.9 Å². The van der Waals surface area contributed by atoms with Crippen molar-refractivity contribution in [3.8, 4) is 0 Å². The molecule has 1 unspecified atom stereocenters. The summed E-state index contributed by atoms with van der Waals surface area (Å²) >= 11 is 7.89. The van der Waals surface area contributed by atoms with Crippen LogP contribution in [0, 0.1) is 0 Å². The van der Waals surface area contributed by atoms with E-state index in [2.05, 4.69) is 15.5 Å². The van der Waals surface area contributed by atoms with Crippen LogP contribution in [-0.2, 0) is 11.2 Å². The van der Waals surface area contributed by atoms with Gasteiger partial charge in [-0.15, -0.1) is 22.9 Å². The fourth-order valence-corrected chi connectivity index (χ4v) is 6.69. The summed E-state index contributed by atoms with van der Waals surface area (Å²) in [6.07, 6.45) is 6.83. The molecule has 0 aromatic carbocycles. The van der Waals surface area contributed by atoms with E-state index in [0.717, 1.165) is 30.2 Å². The number of hydrogen-bond acceptors (Lipinski definition) is 7. The van der Waals surface area contributed by atoms with Gasteiger partial charge in [0.15, 0.2) is 5.65 Å². The fourth-order valence-electron chi connectivity index (χ4n) is 5.25. The third kappa shape index (κ3) is 4.16. The topological polar surface area (TPSA) is 99.0 Å². The van der Waals surface area contributed by atoms with Gasteiger partial charge in [-0.25, -0.2) is 4.98 Å². The Morgan fingerprint density at radius 1 is 1.22 bits per heavy atom. The molecule has 3 aromatic heterocycles. The first-order chi connectivity index (χ1) is 17.5. The van der Waals surface area contributed by atoms with Crippen molar-refractivity contribution in [3.05, 3.63) is 44.6 Å². The summed E-state index contributed by atoms with van der Waals surface area (Å²) in [6, 6.07) is 3.48. The van der Waals surface area contributed by atoms with E-state index in [4.69, 9.17) is 16.6 Å². The number of fused-ring (bicyclic) bond motifs is 5. The first-order valence-electron chi connectivity index (χ1n) is 12.4. The minimum atomic E-state index is -0.361. The molecular formula is C25H27ClN6O3S. The maximum atomic E-state index is 13.7. The van der Waals surface area contributed by atoms with Crippen LogP contribution in [0.1, 0.15) is 33.8 Å². The summed E-state index contributed by atoms with van der Waals surface area (Å²) in [5.41, 5.74) is 1.25. The molecule has 1 aliphatic carbocycles. The lowest BCUT2D eigenvalue weighted by Gasteiger charge is -2.27. The molecule has 2 aliphatic heterocycles. The minimum Gasteiger partial charge on any atom is -0.353 e. The second-order valence-electron chi connectivity index (χ2n) is 9.45. The molecule has 5 heterocycles. The average Bonchev–Trinajstić information content (AvgIpc) is 3.51. The lowest BCUT2D eigenvalue weighted by Crippen LogP contribution is -2.48. The zero-order valence-corrected chi connectivity index (χ0v) is 21.3. The quantitative estimate of drug-likeness (QED) is 0.492. The van der Waals surface area contributed by atoms with Crippen LogP contribution in [0.3, 0.4) is 0 Å². The van der Waals surface area contributed by atoms with E-state index in [0.29, 0.717) is 47.7 Å². The van der Waals surface area contributed by atoms with E-state index in [1.54, 1.807) is 12.1 Å². The number of piperazine rings is 1. The van der Waals surface area contributed by atoms with E-state index in [1.807, 2.05) is 21.5 Å². The van der Waals surface area contributed by atoms with Crippen LogP contribution in [0.4, 0.5) is 5.82 Å². The Morgan fingerprint density at radius 2 is 2.06 bits per heavy atom. The SMILES string of the molecule is O=C1CN(c2ccc3c(=O)c(C(=O)NCCN4CCCC4)c4sc5c(n4c3n2)CC(Cl)C=C5)CCN1. The number of likely N-dealkylation sites (tertiary alicyclic amines) is 1. The van der Waals surface area contributed by atoms with E-state index in [1.165, 1.54) is 24.2 Å². The molecule has 9 nitrogen and oxygen atoms in total. The van der Waals surface area contributed by atoms with E-state index in [-0.39, 0.29) is 34.7 Å². The fraction of sp³-hybridized carbons (Fsp3) is 0.440. The predicted octanol–water partition coefficient (Wildman–Crippen LogP) is 1.85. The highest BCUT2D eigenvalue weighted by atomic mass is 35.5. The van der Waals surface area contributed by atoms with Gasteiger partial charge in [-0.3, -0.25) is 18.8 Å². The second-order valence-corrected chi connectivity index (χ2v) is 11.0. The number of aromatic nitrogens is 2. The van der Waals surface area contributed by atoms with Crippen LogP contribution in [0.15, 0.2) is 23.0 Å². The van der Waals surface area contributed by atoms with Crippen molar-refractivity contribution in [2.75, 3.05) is 50.7 Å². The Labute approximate surface area is 216 Å². The minimum absolute atomic E-state index is 0.0607. The van der Waals surface area contributed by atoms with Crippen molar-refractivity contribution in [1.29, 1.82) is 0 Å².